The van der Waals surface area contributed by atoms with E-state index in [1.54, 1.807) is 0 Å². The second-order valence-corrected chi connectivity index (χ2v) is 3.65. The van der Waals surface area contributed by atoms with Gasteiger partial charge >= 0.3 is 11.7 Å². The first kappa shape index (κ1) is 12.2. The molecule has 0 radical (unpaired) electrons. The summed E-state index contributed by atoms with van der Waals surface area (Å²) >= 11 is 0.915. The number of nitro groups is 1. The Morgan fingerprint density at radius 3 is 2.94 bits per heavy atom. The average Bonchev–Trinajstić information content (AvgIpc) is 2.25. The smallest absolute Gasteiger partial charge is 0.316 e. The van der Waals surface area contributed by atoms with E-state index >= 15 is 0 Å². The first-order valence-corrected chi connectivity index (χ1v) is 5.13. The normalized spacial score (nSPS) is 9.81. The van der Waals surface area contributed by atoms with Crippen molar-refractivity contribution in [3.63, 3.8) is 0 Å². The molecule has 86 valence electrons. The van der Waals surface area contributed by atoms with Crippen molar-refractivity contribution in [2.75, 3.05) is 18.6 Å². The van der Waals surface area contributed by atoms with Crippen LogP contribution in [0, 0.1) is 10.1 Å². The molecule has 1 aromatic rings. The van der Waals surface area contributed by atoms with E-state index in [9.17, 15) is 14.9 Å². The molecule has 0 spiro atoms. The molecular formula is C8H9N3O4S. The van der Waals surface area contributed by atoms with Crippen molar-refractivity contribution < 1.29 is 14.5 Å². The van der Waals surface area contributed by atoms with Crippen molar-refractivity contribution in [2.45, 2.75) is 5.03 Å². The molecule has 0 unspecified atom stereocenters. The molecule has 1 rings (SSSR count). The van der Waals surface area contributed by atoms with Gasteiger partial charge in [-0.1, -0.05) is 11.8 Å². The molecule has 0 aliphatic rings. The lowest BCUT2D eigenvalue weighted by Crippen LogP contribution is -2.04. The van der Waals surface area contributed by atoms with Gasteiger partial charge in [-0.2, -0.15) is 0 Å². The van der Waals surface area contributed by atoms with Gasteiger partial charge in [-0.25, -0.2) is 4.98 Å². The van der Waals surface area contributed by atoms with Crippen LogP contribution in [0.15, 0.2) is 17.2 Å². The zero-order chi connectivity index (χ0) is 12.1. The van der Waals surface area contributed by atoms with Crippen LogP contribution in [0.4, 0.5) is 11.5 Å². The summed E-state index contributed by atoms with van der Waals surface area (Å²) in [5.41, 5.74) is 5.23. The van der Waals surface area contributed by atoms with Gasteiger partial charge in [-0.3, -0.25) is 14.9 Å². The number of thioether (sulfide) groups is 1. The number of methoxy groups -OCH3 is 1. The fraction of sp³-hybridized carbons (Fsp3) is 0.250. The highest BCUT2D eigenvalue weighted by Gasteiger charge is 2.17. The Labute approximate surface area is 95.1 Å². The second-order valence-electron chi connectivity index (χ2n) is 2.68. The Hall–Kier alpha value is -1.83. The molecule has 0 saturated heterocycles. The molecule has 0 aliphatic heterocycles. The van der Waals surface area contributed by atoms with Gasteiger partial charge in [0.1, 0.15) is 5.82 Å². The van der Waals surface area contributed by atoms with E-state index in [2.05, 4.69) is 9.72 Å². The van der Waals surface area contributed by atoms with Gasteiger partial charge in [0.05, 0.1) is 17.8 Å². The number of anilines is 1. The highest BCUT2D eigenvalue weighted by Crippen LogP contribution is 2.27. The third kappa shape index (κ3) is 3.09. The standard InChI is InChI=1S/C8H9N3O4S/c1-15-7(12)4-16-8-5(11(13)14)2-3-6(9)10-8/h2-3H,4H2,1H3,(H2,9,10). The number of ether oxygens (including phenoxy) is 1. The Balaban J connectivity index is 2.88. The van der Waals surface area contributed by atoms with Gasteiger partial charge < -0.3 is 10.5 Å². The minimum Gasteiger partial charge on any atom is -0.468 e. The number of carbonyl (C=O) groups excluding carboxylic acids is 1. The maximum atomic E-state index is 10.9. The van der Waals surface area contributed by atoms with E-state index in [0.29, 0.717) is 0 Å². The molecule has 2 N–H and O–H groups in total. The van der Waals surface area contributed by atoms with Crippen LogP contribution in [0.3, 0.4) is 0 Å². The highest BCUT2D eigenvalue weighted by atomic mass is 32.2. The Morgan fingerprint density at radius 1 is 1.69 bits per heavy atom. The van der Waals surface area contributed by atoms with E-state index in [1.807, 2.05) is 0 Å². The second kappa shape index (κ2) is 5.31. The average molecular weight is 243 g/mol. The summed E-state index contributed by atoms with van der Waals surface area (Å²) in [4.78, 5) is 24.7. The molecule has 0 atom stereocenters. The van der Waals surface area contributed by atoms with Gasteiger partial charge in [-0.05, 0) is 6.07 Å². The van der Waals surface area contributed by atoms with E-state index in [1.165, 1.54) is 19.2 Å². The number of nitrogens with two attached hydrogens (primary N) is 1. The first-order valence-electron chi connectivity index (χ1n) is 4.15. The van der Waals surface area contributed by atoms with Crippen LogP contribution in [0.5, 0.6) is 0 Å². The zero-order valence-electron chi connectivity index (χ0n) is 8.37. The molecule has 7 nitrogen and oxygen atoms in total. The number of rotatable bonds is 4. The van der Waals surface area contributed by atoms with Crippen molar-refractivity contribution in [1.29, 1.82) is 0 Å². The lowest BCUT2D eigenvalue weighted by atomic mass is 10.4. The molecule has 0 aliphatic carbocycles. The van der Waals surface area contributed by atoms with Crippen molar-refractivity contribution >= 4 is 29.2 Å². The molecule has 0 aromatic carbocycles. The third-order valence-electron chi connectivity index (χ3n) is 1.61. The molecule has 1 heterocycles. The number of hydrogen-bond acceptors (Lipinski definition) is 7. The molecule has 0 saturated carbocycles. The minimum atomic E-state index is -0.577. The van der Waals surface area contributed by atoms with Gasteiger partial charge in [0.15, 0.2) is 5.03 Å². The minimum absolute atomic E-state index is 0.0478. The maximum absolute atomic E-state index is 10.9. The quantitative estimate of drug-likeness (QED) is 0.361. The summed E-state index contributed by atoms with van der Waals surface area (Å²) in [7, 11) is 1.24. The third-order valence-corrected chi connectivity index (χ3v) is 2.57. The molecule has 8 heteroatoms. The molecule has 0 amide bonds. The van der Waals surface area contributed by atoms with Crippen molar-refractivity contribution in [3.8, 4) is 0 Å². The lowest BCUT2D eigenvalue weighted by molar-refractivity contribution is -0.388. The topological polar surface area (TPSA) is 108 Å². The van der Waals surface area contributed by atoms with E-state index in [4.69, 9.17) is 5.73 Å². The van der Waals surface area contributed by atoms with Gasteiger partial charge in [-0.15, -0.1) is 0 Å². The van der Waals surface area contributed by atoms with Crippen molar-refractivity contribution in [2.24, 2.45) is 0 Å². The number of nitrogens with zero attached hydrogens (tertiary/aromatic N) is 2. The van der Waals surface area contributed by atoms with Gasteiger partial charge in [0.25, 0.3) is 0 Å². The van der Waals surface area contributed by atoms with Crippen LogP contribution < -0.4 is 5.73 Å². The summed E-state index contributed by atoms with van der Waals surface area (Å²) < 4.78 is 4.41. The van der Waals surface area contributed by atoms with Crippen LogP contribution in [0.2, 0.25) is 0 Å². The predicted molar refractivity (Wildman–Crippen MR) is 58.0 cm³/mol. The van der Waals surface area contributed by atoms with Crippen molar-refractivity contribution in [3.05, 3.63) is 22.2 Å². The molecular weight excluding hydrogens is 234 g/mol. The summed E-state index contributed by atoms with van der Waals surface area (Å²) in [5.74, 6) is -0.366. The Bertz CT molecular complexity index is 424. The van der Waals surface area contributed by atoms with Crippen LogP contribution in [-0.2, 0) is 9.53 Å². The SMILES string of the molecule is COC(=O)CSc1nc(N)ccc1[N+](=O)[O-]. The molecule has 0 fully saturated rings. The van der Waals surface area contributed by atoms with Crippen LogP contribution in [-0.4, -0.2) is 28.7 Å². The summed E-state index contributed by atoms with van der Waals surface area (Å²) in [6.07, 6.45) is 0. The highest BCUT2D eigenvalue weighted by molar-refractivity contribution is 8.00. The fourth-order valence-corrected chi connectivity index (χ4v) is 1.71. The summed E-state index contributed by atoms with van der Waals surface area (Å²) in [5, 5.41) is 10.7. The van der Waals surface area contributed by atoms with E-state index in [-0.39, 0.29) is 22.3 Å². The van der Waals surface area contributed by atoms with Crippen molar-refractivity contribution in [1.82, 2.24) is 4.98 Å². The number of esters is 1. The van der Waals surface area contributed by atoms with E-state index < -0.39 is 10.9 Å². The fourth-order valence-electron chi connectivity index (χ4n) is 0.879. The van der Waals surface area contributed by atoms with E-state index in [0.717, 1.165) is 11.8 Å². The number of aromatic nitrogens is 1. The molecule has 0 bridgehead atoms. The number of pyridine rings is 1. The van der Waals surface area contributed by atoms with Crippen LogP contribution in [0.1, 0.15) is 0 Å². The molecule has 1 aromatic heterocycles. The van der Waals surface area contributed by atoms with Crippen LogP contribution in [0.25, 0.3) is 0 Å². The summed E-state index contributed by atoms with van der Waals surface area (Å²) in [6.45, 7) is 0. The van der Waals surface area contributed by atoms with Gasteiger partial charge in [0, 0.05) is 6.07 Å². The Morgan fingerprint density at radius 2 is 2.38 bits per heavy atom. The number of carbonyl (C=O) groups is 1. The predicted octanol–water partition coefficient (Wildman–Crippen LogP) is 0.837. The maximum Gasteiger partial charge on any atom is 0.316 e. The Kier molecular flexibility index (Phi) is 4.06. The van der Waals surface area contributed by atoms with Gasteiger partial charge in [0.2, 0.25) is 0 Å². The monoisotopic (exact) mass is 243 g/mol. The van der Waals surface area contributed by atoms with Crippen LogP contribution >= 0.6 is 11.8 Å². The largest absolute Gasteiger partial charge is 0.468 e. The summed E-state index contributed by atoms with van der Waals surface area (Å²) in [6, 6.07) is 2.59. The first-order chi connectivity index (χ1) is 7.54. The zero-order valence-corrected chi connectivity index (χ0v) is 9.19. The lowest BCUT2D eigenvalue weighted by Gasteiger charge is -2.02. The number of nitrogen functional groups attached to an aromatic ring is 1. The number of hydrogen-bond donors (Lipinski definition) is 1. The molecule has 16 heavy (non-hydrogen) atoms.